The minimum absolute atomic E-state index is 0. The van der Waals surface area contributed by atoms with Crippen LogP contribution in [0.15, 0.2) is 24.5 Å². The summed E-state index contributed by atoms with van der Waals surface area (Å²) in [5, 5.41) is 0. The lowest BCUT2D eigenvalue weighted by Crippen LogP contribution is -2.04. The van der Waals surface area contributed by atoms with Gasteiger partial charge in [-0.15, -0.1) is 12.4 Å². The number of benzene rings is 1. The molecule has 0 heterocycles. The van der Waals surface area contributed by atoms with Gasteiger partial charge in [-0.05, 0) is 30.7 Å². The Labute approximate surface area is 118 Å². The average molecular weight is 297 g/mol. The lowest BCUT2D eigenvalue weighted by atomic mass is 10.1. The zero-order chi connectivity index (χ0) is 14.4. The van der Waals surface area contributed by atoms with E-state index in [-0.39, 0.29) is 29.7 Å². The SMILES string of the molecule is Cl.[2H]C(Oc1c(OC)cc(CCN)cc1OC)=C(F)F. The van der Waals surface area contributed by atoms with E-state index in [1.165, 1.54) is 14.2 Å². The van der Waals surface area contributed by atoms with Crippen molar-refractivity contribution in [3.63, 3.8) is 0 Å². The Bertz CT molecular complexity index is 457. The highest BCUT2D eigenvalue weighted by Crippen LogP contribution is 2.39. The molecule has 0 atom stereocenters. The molecule has 0 aliphatic rings. The maximum Gasteiger partial charge on any atom is 0.305 e. The van der Waals surface area contributed by atoms with Crippen molar-refractivity contribution in [2.45, 2.75) is 6.42 Å². The van der Waals surface area contributed by atoms with Crippen LogP contribution in [0.4, 0.5) is 8.78 Å². The van der Waals surface area contributed by atoms with E-state index in [0.29, 0.717) is 13.0 Å². The summed E-state index contributed by atoms with van der Waals surface area (Å²) >= 11 is 0. The second kappa shape index (κ2) is 8.55. The molecule has 1 rings (SSSR count). The molecule has 2 N–H and O–H groups in total. The first-order chi connectivity index (χ1) is 9.03. The monoisotopic (exact) mass is 296 g/mol. The molecule has 0 aromatic heterocycles. The molecule has 0 saturated carbocycles. The molecule has 0 saturated heterocycles. The summed E-state index contributed by atoms with van der Waals surface area (Å²) < 4.78 is 46.4. The van der Waals surface area contributed by atoms with E-state index in [0.717, 1.165) is 5.56 Å². The van der Waals surface area contributed by atoms with E-state index < -0.39 is 12.3 Å². The summed E-state index contributed by atoms with van der Waals surface area (Å²) in [6.45, 7) is 0.426. The Balaban J connectivity index is 0.00000361. The first kappa shape index (κ1) is 15.5. The van der Waals surface area contributed by atoms with E-state index in [9.17, 15) is 8.78 Å². The quantitative estimate of drug-likeness (QED) is 0.820. The Hall–Kier alpha value is -1.53. The molecule has 0 radical (unpaired) electrons. The minimum atomic E-state index is -2.23. The second-order valence-corrected chi connectivity index (χ2v) is 3.33. The fourth-order valence-corrected chi connectivity index (χ4v) is 1.44. The molecule has 19 heavy (non-hydrogen) atoms. The molecule has 1 aromatic rings. The smallest absolute Gasteiger partial charge is 0.305 e. The van der Waals surface area contributed by atoms with Crippen LogP contribution in [0.3, 0.4) is 0 Å². The lowest BCUT2D eigenvalue weighted by molar-refractivity contribution is 0.323. The number of ether oxygens (including phenoxy) is 3. The van der Waals surface area contributed by atoms with Crippen molar-refractivity contribution in [3.8, 4) is 17.2 Å². The third-order valence-electron chi connectivity index (χ3n) is 2.18. The molecule has 7 heteroatoms. The standard InChI is InChI=1S/C12H15F2NO3.ClH/c1-16-9-5-8(3-4-15)6-10(17-2)12(9)18-7-11(13)14;/h5-7H,3-4,15H2,1-2H3;1H/i7D;. The molecular weight excluding hydrogens is 280 g/mol. The molecule has 0 spiro atoms. The van der Waals surface area contributed by atoms with Gasteiger partial charge in [0.05, 0.1) is 14.2 Å². The van der Waals surface area contributed by atoms with E-state index in [4.69, 9.17) is 21.3 Å². The summed E-state index contributed by atoms with van der Waals surface area (Å²) in [7, 11) is 2.74. The largest absolute Gasteiger partial charge is 0.493 e. The summed E-state index contributed by atoms with van der Waals surface area (Å²) in [5.74, 6) is 0.339. The molecular formula is C12H16ClF2NO3. The maximum atomic E-state index is 12.3. The second-order valence-electron chi connectivity index (χ2n) is 3.33. The summed E-state index contributed by atoms with van der Waals surface area (Å²) in [6, 6.07) is 3.21. The van der Waals surface area contributed by atoms with Crippen LogP contribution >= 0.6 is 12.4 Å². The van der Waals surface area contributed by atoms with Gasteiger partial charge in [0.1, 0.15) is 1.37 Å². The molecule has 0 bridgehead atoms. The fourth-order valence-electron chi connectivity index (χ4n) is 1.44. The van der Waals surface area contributed by atoms with Crippen molar-refractivity contribution >= 4 is 12.4 Å². The third-order valence-corrected chi connectivity index (χ3v) is 2.18. The molecule has 0 aliphatic heterocycles. The van der Waals surface area contributed by atoms with Crippen LogP contribution in [0.5, 0.6) is 17.2 Å². The molecule has 0 fully saturated rings. The molecule has 4 nitrogen and oxygen atoms in total. The number of rotatable bonds is 6. The van der Waals surface area contributed by atoms with E-state index in [1.807, 2.05) is 0 Å². The van der Waals surface area contributed by atoms with Crippen molar-refractivity contribution in [1.82, 2.24) is 0 Å². The van der Waals surface area contributed by atoms with Crippen LogP contribution in [0, 0.1) is 0 Å². The van der Waals surface area contributed by atoms with Gasteiger partial charge in [0.25, 0.3) is 0 Å². The molecule has 0 aliphatic carbocycles. The van der Waals surface area contributed by atoms with Crippen LogP contribution in [-0.2, 0) is 6.42 Å². The van der Waals surface area contributed by atoms with Crippen molar-refractivity contribution in [1.29, 1.82) is 0 Å². The summed E-state index contributed by atoms with van der Waals surface area (Å²) in [4.78, 5) is 0. The summed E-state index contributed by atoms with van der Waals surface area (Å²) in [6.07, 6.45) is -2.90. The predicted octanol–water partition coefficient (Wildman–Crippen LogP) is 2.74. The zero-order valence-corrected chi connectivity index (χ0v) is 11.4. The van der Waals surface area contributed by atoms with Crippen LogP contribution in [0.1, 0.15) is 6.93 Å². The number of hydrogen-bond acceptors (Lipinski definition) is 4. The highest BCUT2D eigenvalue weighted by atomic mass is 35.5. The van der Waals surface area contributed by atoms with Crippen molar-refractivity contribution in [2.24, 2.45) is 5.73 Å². The zero-order valence-electron chi connectivity index (χ0n) is 11.5. The molecule has 0 amide bonds. The van der Waals surface area contributed by atoms with E-state index in [1.54, 1.807) is 12.1 Å². The van der Waals surface area contributed by atoms with E-state index in [2.05, 4.69) is 0 Å². The number of halogens is 3. The van der Waals surface area contributed by atoms with Gasteiger partial charge in [-0.3, -0.25) is 0 Å². The van der Waals surface area contributed by atoms with Gasteiger partial charge in [-0.1, -0.05) is 0 Å². The topological polar surface area (TPSA) is 53.7 Å². The molecule has 108 valence electrons. The van der Waals surface area contributed by atoms with Gasteiger partial charge >= 0.3 is 6.08 Å². The first-order valence-electron chi connectivity index (χ1n) is 5.68. The number of nitrogens with two attached hydrogens (primary N) is 1. The average Bonchev–Trinajstić information content (AvgIpc) is 2.39. The highest BCUT2D eigenvalue weighted by Gasteiger charge is 2.14. The van der Waals surface area contributed by atoms with Gasteiger partial charge in [0, 0.05) is 0 Å². The van der Waals surface area contributed by atoms with Gasteiger partial charge < -0.3 is 19.9 Å². The fraction of sp³-hybridized carbons (Fsp3) is 0.333. The highest BCUT2D eigenvalue weighted by molar-refractivity contribution is 5.85. The Morgan fingerprint density at radius 2 is 1.84 bits per heavy atom. The van der Waals surface area contributed by atoms with Crippen LogP contribution in [0.2, 0.25) is 0 Å². The minimum Gasteiger partial charge on any atom is -0.493 e. The Kier molecular flexibility index (Phi) is 6.99. The van der Waals surface area contributed by atoms with Gasteiger partial charge in [-0.2, -0.15) is 8.78 Å². The van der Waals surface area contributed by atoms with Crippen molar-refractivity contribution in [2.75, 3.05) is 20.8 Å². The van der Waals surface area contributed by atoms with Crippen LogP contribution < -0.4 is 19.9 Å². The first-order valence-corrected chi connectivity index (χ1v) is 5.18. The lowest BCUT2D eigenvalue weighted by Gasteiger charge is -2.13. The Morgan fingerprint density at radius 3 is 2.21 bits per heavy atom. The normalized spacial score (nSPS) is 10.1. The van der Waals surface area contributed by atoms with Gasteiger partial charge in [0.15, 0.2) is 17.7 Å². The van der Waals surface area contributed by atoms with Crippen LogP contribution in [-0.4, -0.2) is 20.8 Å². The van der Waals surface area contributed by atoms with E-state index >= 15 is 0 Å². The van der Waals surface area contributed by atoms with Gasteiger partial charge in [-0.25, -0.2) is 0 Å². The third kappa shape index (κ3) is 4.92. The molecule has 1 aromatic carbocycles. The predicted molar refractivity (Wildman–Crippen MR) is 70.5 cm³/mol. The van der Waals surface area contributed by atoms with Crippen LogP contribution in [0.25, 0.3) is 0 Å². The number of methoxy groups -OCH3 is 2. The van der Waals surface area contributed by atoms with Gasteiger partial charge in [0.2, 0.25) is 5.75 Å². The maximum absolute atomic E-state index is 12.3. The number of hydrogen-bond donors (Lipinski definition) is 1. The molecule has 0 unspecified atom stereocenters. The Morgan fingerprint density at radius 1 is 1.32 bits per heavy atom. The van der Waals surface area contributed by atoms with Crippen molar-refractivity contribution in [3.05, 3.63) is 30.0 Å². The summed E-state index contributed by atoms with van der Waals surface area (Å²) in [5.41, 5.74) is 6.27. The van der Waals surface area contributed by atoms with Crippen molar-refractivity contribution < 1.29 is 24.4 Å².